The fraction of sp³-hybridized carbons (Fsp3) is 0.700. The summed E-state index contributed by atoms with van der Waals surface area (Å²) in [5.41, 5.74) is 1.86. The van der Waals surface area contributed by atoms with Crippen LogP contribution in [-0.2, 0) is 17.6 Å². The van der Waals surface area contributed by atoms with Gasteiger partial charge in [0, 0.05) is 24.0 Å². The van der Waals surface area contributed by atoms with Crippen molar-refractivity contribution in [3.63, 3.8) is 0 Å². The number of aryl methyl sites for hydroxylation is 1. The largest absolute Gasteiger partial charge is 0.465 e. The summed E-state index contributed by atoms with van der Waals surface area (Å²) in [5, 5.41) is 8.23. The van der Waals surface area contributed by atoms with Gasteiger partial charge < -0.3 is 20.3 Å². The average molecular weight is 410 g/mol. The molecular formula is C20H31N3O2S2. The van der Waals surface area contributed by atoms with E-state index in [2.05, 4.69) is 22.5 Å². The van der Waals surface area contributed by atoms with Crippen LogP contribution in [0.1, 0.15) is 66.2 Å². The first-order chi connectivity index (χ1) is 13.1. The number of thiocarbonyl (C=S) groups is 1. The maximum atomic E-state index is 12.4. The third-order valence-electron chi connectivity index (χ3n) is 5.50. The Hall–Kier alpha value is -1.18. The zero-order chi connectivity index (χ0) is 19.2. The molecular weight excluding hydrogens is 378 g/mol. The van der Waals surface area contributed by atoms with E-state index in [0.717, 1.165) is 50.2 Å². The Balaban J connectivity index is 1.64. The minimum atomic E-state index is -0.257. The molecule has 1 aliphatic carbocycles. The number of carbonyl (C=O) groups is 1. The van der Waals surface area contributed by atoms with Crippen molar-refractivity contribution in [3.05, 3.63) is 16.0 Å². The third-order valence-corrected chi connectivity index (χ3v) is 6.93. The van der Waals surface area contributed by atoms with Crippen molar-refractivity contribution in [2.75, 3.05) is 32.1 Å². The molecule has 2 aliphatic rings. The Kier molecular flexibility index (Phi) is 7.49. The van der Waals surface area contributed by atoms with Gasteiger partial charge in [0.2, 0.25) is 0 Å². The van der Waals surface area contributed by atoms with Crippen molar-refractivity contribution < 1.29 is 9.53 Å². The summed E-state index contributed by atoms with van der Waals surface area (Å²) in [4.78, 5) is 16.2. The normalized spacial score (nSPS) is 18.4. The van der Waals surface area contributed by atoms with Gasteiger partial charge in [-0.05, 0) is 69.3 Å². The van der Waals surface area contributed by atoms with Crippen LogP contribution in [0, 0.1) is 0 Å². The van der Waals surface area contributed by atoms with Crippen LogP contribution in [0.15, 0.2) is 0 Å². The number of esters is 1. The number of likely N-dealkylation sites (tertiary alicyclic amines) is 1. The molecule has 0 spiro atoms. The van der Waals surface area contributed by atoms with Crippen LogP contribution in [0.2, 0.25) is 0 Å². The first-order valence-corrected chi connectivity index (χ1v) is 11.4. The highest BCUT2D eigenvalue weighted by atomic mass is 32.1. The molecule has 1 aromatic rings. The van der Waals surface area contributed by atoms with Crippen molar-refractivity contribution in [2.45, 2.75) is 64.3 Å². The summed E-state index contributed by atoms with van der Waals surface area (Å²) >= 11 is 7.23. The van der Waals surface area contributed by atoms with E-state index >= 15 is 0 Å². The minimum absolute atomic E-state index is 0.257. The lowest BCUT2D eigenvalue weighted by Gasteiger charge is -2.32. The molecule has 0 unspecified atom stereocenters. The number of nitrogens with one attached hydrogen (secondary N) is 2. The molecule has 0 aromatic carbocycles. The van der Waals surface area contributed by atoms with Crippen LogP contribution in [0.4, 0.5) is 5.00 Å². The topological polar surface area (TPSA) is 53.6 Å². The van der Waals surface area contributed by atoms with Gasteiger partial charge in [0.25, 0.3) is 0 Å². The lowest BCUT2D eigenvalue weighted by Crippen LogP contribution is -2.46. The summed E-state index contributed by atoms with van der Waals surface area (Å²) in [6.45, 7) is 5.65. The first kappa shape index (κ1) is 20.6. The van der Waals surface area contributed by atoms with Gasteiger partial charge in [-0.1, -0.05) is 13.3 Å². The smallest absolute Gasteiger partial charge is 0.341 e. The summed E-state index contributed by atoms with van der Waals surface area (Å²) < 4.78 is 5.07. The standard InChI is InChI=1S/C20H31N3O2S2/c1-3-11-23-12-9-14(10-13-23)21-20(26)22-18-17(19(24)25-2)15-7-5-4-6-8-16(15)27-18/h14H,3-13H2,1-2H3,(H2,21,22,26). The number of anilines is 1. The molecule has 1 aromatic heterocycles. The Labute approximate surface area is 171 Å². The first-order valence-electron chi connectivity index (χ1n) is 10.1. The highest BCUT2D eigenvalue weighted by molar-refractivity contribution is 7.80. The van der Waals surface area contributed by atoms with Crippen molar-refractivity contribution in [3.8, 4) is 0 Å². The quantitative estimate of drug-likeness (QED) is 0.436. The second kappa shape index (κ2) is 9.85. The van der Waals surface area contributed by atoms with Crippen LogP contribution in [0.3, 0.4) is 0 Å². The van der Waals surface area contributed by atoms with Crippen LogP contribution < -0.4 is 10.6 Å². The second-order valence-corrected chi connectivity index (χ2v) is 8.99. The number of thiophene rings is 1. The molecule has 27 heavy (non-hydrogen) atoms. The number of methoxy groups -OCH3 is 1. The number of piperidine rings is 1. The maximum absolute atomic E-state index is 12.4. The lowest BCUT2D eigenvalue weighted by molar-refractivity contribution is 0.0601. The molecule has 0 atom stereocenters. The van der Waals surface area contributed by atoms with E-state index in [0.29, 0.717) is 16.7 Å². The average Bonchev–Trinajstić information content (AvgIpc) is 2.83. The van der Waals surface area contributed by atoms with Crippen LogP contribution in [0.25, 0.3) is 0 Å². The van der Waals surface area contributed by atoms with Crippen molar-refractivity contribution in [1.82, 2.24) is 10.2 Å². The van der Waals surface area contributed by atoms with Gasteiger partial charge in [0.05, 0.1) is 12.7 Å². The van der Waals surface area contributed by atoms with Crippen LogP contribution >= 0.6 is 23.6 Å². The molecule has 0 amide bonds. The van der Waals surface area contributed by atoms with Gasteiger partial charge in [-0.15, -0.1) is 11.3 Å². The molecule has 1 saturated heterocycles. The molecule has 0 bridgehead atoms. The summed E-state index contributed by atoms with van der Waals surface area (Å²) in [6.07, 6.45) is 8.95. The second-order valence-electron chi connectivity index (χ2n) is 7.47. The molecule has 3 rings (SSSR count). The maximum Gasteiger partial charge on any atom is 0.341 e. The Morgan fingerprint density at radius 2 is 2.00 bits per heavy atom. The van der Waals surface area contributed by atoms with Crippen LogP contribution in [0.5, 0.6) is 0 Å². The van der Waals surface area contributed by atoms with E-state index in [1.165, 1.54) is 43.4 Å². The molecule has 0 radical (unpaired) electrons. The molecule has 1 aliphatic heterocycles. The summed E-state index contributed by atoms with van der Waals surface area (Å²) in [5.74, 6) is -0.257. The Bertz CT molecular complexity index is 666. The van der Waals surface area contributed by atoms with Gasteiger partial charge in [0.15, 0.2) is 5.11 Å². The molecule has 1 fully saturated rings. The van der Waals surface area contributed by atoms with Crippen LogP contribution in [-0.4, -0.2) is 48.8 Å². The van der Waals surface area contributed by atoms with Gasteiger partial charge in [-0.3, -0.25) is 0 Å². The molecule has 2 N–H and O–H groups in total. The number of hydrogen-bond donors (Lipinski definition) is 2. The van der Waals surface area contributed by atoms with E-state index < -0.39 is 0 Å². The number of ether oxygens (including phenoxy) is 1. The zero-order valence-corrected chi connectivity index (χ0v) is 18.1. The number of nitrogens with zero attached hydrogens (tertiary/aromatic N) is 1. The van der Waals surface area contributed by atoms with Crippen molar-refractivity contribution in [1.29, 1.82) is 0 Å². The van der Waals surface area contributed by atoms with Crippen molar-refractivity contribution in [2.24, 2.45) is 0 Å². The number of hydrogen-bond acceptors (Lipinski definition) is 5. The highest BCUT2D eigenvalue weighted by Crippen LogP contribution is 2.37. The van der Waals surface area contributed by atoms with E-state index in [9.17, 15) is 4.79 Å². The minimum Gasteiger partial charge on any atom is -0.465 e. The number of rotatable bonds is 5. The van der Waals surface area contributed by atoms with Gasteiger partial charge >= 0.3 is 5.97 Å². The molecule has 2 heterocycles. The van der Waals surface area contributed by atoms with Crippen molar-refractivity contribution >= 4 is 39.6 Å². The van der Waals surface area contributed by atoms with Gasteiger partial charge in [-0.2, -0.15) is 0 Å². The fourth-order valence-electron chi connectivity index (χ4n) is 4.09. The summed E-state index contributed by atoms with van der Waals surface area (Å²) in [6, 6.07) is 0.400. The molecule has 0 saturated carbocycles. The Morgan fingerprint density at radius 3 is 2.70 bits per heavy atom. The number of fused-ring (bicyclic) bond motifs is 1. The van der Waals surface area contributed by atoms with E-state index in [1.807, 2.05) is 0 Å². The number of carbonyl (C=O) groups excluding carboxylic acids is 1. The summed E-state index contributed by atoms with van der Waals surface area (Å²) in [7, 11) is 1.45. The monoisotopic (exact) mass is 409 g/mol. The third kappa shape index (κ3) is 5.21. The van der Waals surface area contributed by atoms with E-state index in [4.69, 9.17) is 17.0 Å². The van der Waals surface area contributed by atoms with Gasteiger partial charge in [-0.25, -0.2) is 4.79 Å². The SMILES string of the molecule is CCCN1CCC(NC(=S)Nc2sc3c(c2C(=O)OC)CCCCC3)CC1. The molecule has 7 heteroatoms. The predicted octanol–water partition coefficient (Wildman–Crippen LogP) is 3.96. The fourth-order valence-corrected chi connectivity index (χ4v) is 5.71. The highest BCUT2D eigenvalue weighted by Gasteiger charge is 2.26. The molecule has 150 valence electrons. The van der Waals surface area contributed by atoms with E-state index in [1.54, 1.807) is 11.3 Å². The molecule has 5 nitrogen and oxygen atoms in total. The zero-order valence-electron chi connectivity index (χ0n) is 16.4. The Morgan fingerprint density at radius 1 is 1.26 bits per heavy atom. The lowest BCUT2D eigenvalue weighted by atomic mass is 10.1. The van der Waals surface area contributed by atoms with Gasteiger partial charge in [0.1, 0.15) is 5.00 Å². The predicted molar refractivity (Wildman–Crippen MR) is 116 cm³/mol. The van der Waals surface area contributed by atoms with E-state index in [-0.39, 0.29) is 5.97 Å².